The van der Waals surface area contributed by atoms with Crippen molar-refractivity contribution in [2.45, 2.75) is 45.6 Å². The maximum Gasteiger partial charge on any atom is 0.227 e. The minimum absolute atomic E-state index is 0.0124. The van der Waals surface area contributed by atoms with Gasteiger partial charge in [-0.05, 0) is 61.9 Å². The summed E-state index contributed by atoms with van der Waals surface area (Å²) in [5, 5.41) is 5.97. The van der Waals surface area contributed by atoms with Crippen molar-refractivity contribution in [1.29, 1.82) is 0 Å². The molecule has 1 saturated carbocycles. The van der Waals surface area contributed by atoms with Gasteiger partial charge < -0.3 is 10.6 Å². The van der Waals surface area contributed by atoms with E-state index in [0.717, 1.165) is 43.5 Å². The predicted molar refractivity (Wildman–Crippen MR) is 106 cm³/mol. The van der Waals surface area contributed by atoms with Gasteiger partial charge in [-0.15, -0.1) is 0 Å². The summed E-state index contributed by atoms with van der Waals surface area (Å²) in [6.45, 7) is 2.56. The van der Waals surface area contributed by atoms with Crippen molar-refractivity contribution < 1.29 is 9.59 Å². The molecular formula is C22H27N3O2. The molecule has 3 rings (SSSR count). The molecule has 27 heavy (non-hydrogen) atoms. The molecule has 0 bridgehead atoms. The maximum absolute atomic E-state index is 12.5. The Morgan fingerprint density at radius 3 is 2.22 bits per heavy atom. The van der Waals surface area contributed by atoms with Crippen molar-refractivity contribution in [3.63, 3.8) is 0 Å². The van der Waals surface area contributed by atoms with Gasteiger partial charge in [0.15, 0.2) is 0 Å². The second kappa shape index (κ2) is 9.31. The van der Waals surface area contributed by atoms with E-state index in [-0.39, 0.29) is 23.7 Å². The number of nitrogens with zero attached hydrogens (tertiary/aromatic N) is 1. The number of rotatable bonds is 6. The molecule has 1 aromatic carbocycles. The van der Waals surface area contributed by atoms with E-state index in [4.69, 9.17) is 0 Å². The minimum Gasteiger partial charge on any atom is -0.350 e. The van der Waals surface area contributed by atoms with E-state index < -0.39 is 0 Å². The van der Waals surface area contributed by atoms with E-state index in [0.29, 0.717) is 6.54 Å². The lowest BCUT2D eigenvalue weighted by atomic mass is 9.81. The number of benzene rings is 1. The summed E-state index contributed by atoms with van der Waals surface area (Å²) >= 11 is 0. The number of anilines is 1. The summed E-state index contributed by atoms with van der Waals surface area (Å²) in [6, 6.07) is 13.6. The van der Waals surface area contributed by atoms with Crippen molar-refractivity contribution in [1.82, 2.24) is 10.3 Å². The highest BCUT2D eigenvalue weighted by Gasteiger charge is 2.29. The number of pyridine rings is 1. The minimum atomic E-state index is -0.0179. The highest BCUT2D eigenvalue weighted by Crippen LogP contribution is 2.30. The Morgan fingerprint density at radius 1 is 0.963 bits per heavy atom. The summed E-state index contributed by atoms with van der Waals surface area (Å²) in [5.74, 6) is 0.0959. The molecular weight excluding hydrogens is 338 g/mol. The zero-order valence-corrected chi connectivity index (χ0v) is 15.8. The van der Waals surface area contributed by atoms with Gasteiger partial charge in [-0.3, -0.25) is 14.6 Å². The second-order valence-corrected chi connectivity index (χ2v) is 7.13. The molecule has 2 N–H and O–H groups in total. The fraction of sp³-hybridized carbons (Fsp3) is 0.409. The average molecular weight is 365 g/mol. The summed E-state index contributed by atoms with van der Waals surface area (Å²) in [6.07, 6.45) is 5.71. The van der Waals surface area contributed by atoms with Crippen LogP contribution in [0.25, 0.3) is 0 Å². The summed E-state index contributed by atoms with van der Waals surface area (Å²) in [5.41, 5.74) is 2.95. The molecule has 1 heterocycles. The molecule has 5 heteroatoms. The van der Waals surface area contributed by atoms with Gasteiger partial charge in [0.2, 0.25) is 11.8 Å². The highest BCUT2D eigenvalue weighted by atomic mass is 16.2. The molecule has 0 aliphatic heterocycles. The molecule has 0 atom stereocenters. The highest BCUT2D eigenvalue weighted by molar-refractivity contribution is 5.92. The van der Waals surface area contributed by atoms with Crippen LogP contribution in [0.15, 0.2) is 48.7 Å². The third-order valence-electron chi connectivity index (χ3n) is 5.27. The summed E-state index contributed by atoms with van der Waals surface area (Å²) in [7, 11) is 0. The van der Waals surface area contributed by atoms with Gasteiger partial charge in [-0.1, -0.05) is 25.1 Å². The van der Waals surface area contributed by atoms with Crippen LogP contribution in [0, 0.1) is 11.8 Å². The number of hydrogen-bond donors (Lipinski definition) is 2. The van der Waals surface area contributed by atoms with Crippen LogP contribution in [0.4, 0.5) is 5.69 Å². The van der Waals surface area contributed by atoms with E-state index >= 15 is 0 Å². The Hall–Kier alpha value is -2.69. The van der Waals surface area contributed by atoms with Gasteiger partial charge in [0, 0.05) is 23.7 Å². The van der Waals surface area contributed by atoms with Crippen LogP contribution in [0.2, 0.25) is 0 Å². The molecule has 2 aromatic rings. The van der Waals surface area contributed by atoms with Gasteiger partial charge in [0.25, 0.3) is 0 Å². The Balaban J connectivity index is 1.43. The molecule has 0 saturated heterocycles. The normalized spacial score (nSPS) is 19.3. The first-order valence-corrected chi connectivity index (χ1v) is 9.73. The number of hydrogen-bond acceptors (Lipinski definition) is 3. The number of nitrogens with one attached hydrogen (secondary N) is 2. The van der Waals surface area contributed by atoms with Crippen LogP contribution in [0.5, 0.6) is 0 Å². The molecule has 1 aliphatic rings. The summed E-state index contributed by atoms with van der Waals surface area (Å²) in [4.78, 5) is 29.1. The maximum atomic E-state index is 12.5. The second-order valence-electron chi connectivity index (χ2n) is 7.13. The lowest BCUT2D eigenvalue weighted by Gasteiger charge is -2.27. The Bertz CT molecular complexity index is 751. The molecule has 0 radical (unpaired) electrons. The summed E-state index contributed by atoms with van der Waals surface area (Å²) < 4.78 is 0. The molecule has 0 spiro atoms. The van der Waals surface area contributed by atoms with Gasteiger partial charge >= 0.3 is 0 Å². The van der Waals surface area contributed by atoms with E-state index in [1.807, 2.05) is 42.5 Å². The van der Waals surface area contributed by atoms with Crippen LogP contribution in [-0.2, 0) is 22.6 Å². The van der Waals surface area contributed by atoms with Crippen LogP contribution >= 0.6 is 0 Å². The fourth-order valence-corrected chi connectivity index (χ4v) is 3.51. The number of carbonyl (C=O) groups is 2. The topological polar surface area (TPSA) is 71.1 Å². The monoisotopic (exact) mass is 365 g/mol. The van der Waals surface area contributed by atoms with Gasteiger partial charge in [-0.2, -0.15) is 0 Å². The lowest BCUT2D eigenvalue weighted by molar-refractivity contribution is -0.128. The predicted octanol–water partition coefficient (Wildman–Crippen LogP) is 3.71. The zero-order valence-electron chi connectivity index (χ0n) is 15.8. The first-order chi connectivity index (χ1) is 13.2. The lowest BCUT2D eigenvalue weighted by Crippen LogP contribution is -2.35. The first kappa shape index (κ1) is 19.1. The van der Waals surface area contributed by atoms with Crippen LogP contribution in [0.1, 0.15) is 43.9 Å². The number of aromatic nitrogens is 1. The molecule has 142 valence electrons. The standard InChI is InChI=1S/C22H27N3O2/c1-2-16-6-12-19(13-7-16)25-22(27)18-10-8-17(9-11-18)21(26)24-15-20-5-3-4-14-23-20/h3-7,12-14,17-18H,2,8-11,15H2,1H3,(H,24,26)(H,25,27). The van der Waals surface area contributed by atoms with Crippen molar-refractivity contribution in [3.05, 3.63) is 59.9 Å². The number of amides is 2. The van der Waals surface area contributed by atoms with E-state index in [1.165, 1.54) is 5.56 Å². The first-order valence-electron chi connectivity index (χ1n) is 9.73. The van der Waals surface area contributed by atoms with Crippen LogP contribution in [-0.4, -0.2) is 16.8 Å². The third-order valence-corrected chi connectivity index (χ3v) is 5.27. The van der Waals surface area contributed by atoms with Crippen LogP contribution < -0.4 is 10.6 Å². The number of carbonyl (C=O) groups excluding carboxylic acids is 2. The smallest absolute Gasteiger partial charge is 0.227 e. The average Bonchev–Trinajstić information content (AvgIpc) is 2.73. The van der Waals surface area contributed by atoms with Crippen molar-refractivity contribution >= 4 is 17.5 Å². The van der Waals surface area contributed by atoms with Gasteiger partial charge in [0.1, 0.15) is 0 Å². The molecule has 2 amide bonds. The molecule has 1 aromatic heterocycles. The van der Waals surface area contributed by atoms with Gasteiger partial charge in [0.05, 0.1) is 12.2 Å². The third kappa shape index (κ3) is 5.39. The quantitative estimate of drug-likeness (QED) is 0.820. The SMILES string of the molecule is CCc1ccc(NC(=O)C2CCC(C(=O)NCc3ccccn3)CC2)cc1. The van der Waals surface area contributed by atoms with Crippen molar-refractivity contribution in [3.8, 4) is 0 Å². The fourth-order valence-electron chi connectivity index (χ4n) is 3.51. The van der Waals surface area contributed by atoms with E-state index in [1.54, 1.807) is 6.20 Å². The van der Waals surface area contributed by atoms with Crippen molar-refractivity contribution in [2.24, 2.45) is 11.8 Å². The van der Waals surface area contributed by atoms with Crippen LogP contribution in [0.3, 0.4) is 0 Å². The molecule has 1 aliphatic carbocycles. The molecule has 1 fully saturated rings. The largest absolute Gasteiger partial charge is 0.350 e. The van der Waals surface area contributed by atoms with E-state index in [2.05, 4.69) is 22.5 Å². The van der Waals surface area contributed by atoms with E-state index in [9.17, 15) is 9.59 Å². The molecule has 0 unspecified atom stereocenters. The van der Waals surface area contributed by atoms with Crippen molar-refractivity contribution in [2.75, 3.05) is 5.32 Å². The van der Waals surface area contributed by atoms with Gasteiger partial charge in [-0.25, -0.2) is 0 Å². The number of aryl methyl sites for hydroxylation is 1. The zero-order chi connectivity index (χ0) is 19.1. The molecule has 5 nitrogen and oxygen atoms in total. The Kier molecular flexibility index (Phi) is 6.58. The Labute approximate surface area is 160 Å². The Morgan fingerprint density at radius 2 is 1.63 bits per heavy atom.